The summed E-state index contributed by atoms with van der Waals surface area (Å²) in [5.41, 5.74) is 2.77. The molecule has 35 heavy (non-hydrogen) atoms. The van der Waals surface area contributed by atoms with Crippen LogP contribution >= 0.6 is 0 Å². The van der Waals surface area contributed by atoms with E-state index in [0.29, 0.717) is 35.9 Å². The Bertz CT molecular complexity index is 1270. The zero-order valence-electron chi connectivity index (χ0n) is 19.3. The molecule has 0 unspecified atom stereocenters. The highest BCUT2D eigenvalue weighted by Gasteiger charge is 2.19. The van der Waals surface area contributed by atoms with Gasteiger partial charge in [0.2, 0.25) is 5.91 Å². The molecule has 0 saturated carbocycles. The summed E-state index contributed by atoms with van der Waals surface area (Å²) in [7, 11) is 0. The van der Waals surface area contributed by atoms with Crippen LogP contribution in [-0.2, 0) is 4.79 Å². The molecule has 7 nitrogen and oxygen atoms in total. The van der Waals surface area contributed by atoms with Crippen LogP contribution in [0.25, 0.3) is 16.9 Å². The maximum absolute atomic E-state index is 13.5. The Kier molecular flexibility index (Phi) is 7.52. The van der Waals surface area contributed by atoms with Crippen LogP contribution in [-0.4, -0.2) is 39.7 Å². The lowest BCUT2D eigenvalue weighted by Gasteiger charge is -2.22. The lowest BCUT2D eigenvalue weighted by atomic mass is 10.1. The monoisotopic (exact) mass is 471 g/mol. The maximum Gasteiger partial charge on any atom is 0.322 e. The van der Waals surface area contributed by atoms with E-state index in [-0.39, 0.29) is 24.3 Å². The number of carbonyl (C=O) groups is 2. The number of nitrogens with one attached hydrogen (secondary N) is 2. The number of para-hydroxylation sites is 1. The van der Waals surface area contributed by atoms with Crippen LogP contribution in [0.2, 0.25) is 0 Å². The third-order valence-corrected chi connectivity index (χ3v) is 5.26. The average molecular weight is 472 g/mol. The Morgan fingerprint density at radius 1 is 0.914 bits per heavy atom. The standard InChI is InChI=1S/C27H26FN5O2/c1-2-17-32(27(35)29-22-11-7-4-8-12-22)19-26(34)30-25-18-24(20-9-5-3-6-10-20)31-33(25)23-15-13-21(28)14-16-23/h3-16,18H,2,17,19H2,1H3,(H,29,35)(H,30,34). The van der Waals surface area contributed by atoms with Gasteiger partial charge in [-0.05, 0) is 42.8 Å². The molecule has 0 spiro atoms. The van der Waals surface area contributed by atoms with Gasteiger partial charge < -0.3 is 15.5 Å². The van der Waals surface area contributed by atoms with Crippen LogP contribution in [0.5, 0.6) is 0 Å². The normalized spacial score (nSPS) is 10.6. The number of carbonyl (C=O) groups excluding carboxylic acids is 2. The predicted molar refractivity (Wildman–Crippen MR) is 135 cm³/mol. The van der Waals surface area contributed by atoms with Crippen molar-refractivity contribution >= 4 is 23.4 Å². The van der Waals surface area contributed by atoms with Crippen molar-refractivity contribution in [1.29, 1.82) is 0 Å². The van der Waals surface area contributed by atoms with Gasteiger partial charge in [0.1, 0.15) is 18.2 Å². The molecule has 0 fully saturated rings. The summed E-state index contributed by atoms with van der Waals surface area (Å²) >= 11 is 0. The second-order valence-corrected chi connectivity index (χ2v) is 7.93. The van der Waals surface area contributed by atoms with E-state index in [9.17, 15) is 14.0 Å². The quantitative estimate of drug-likeness (QED) is 0.353. The number of anilines is 2. The van der Waals surface area contributed by atoms with Gasteiger partial charge >= 0.3 is 6.03 Å². The molecule has 4 aromatic rings. The van der Waals surface area contributed by atoms with Gasteiger partial charge in [-0.15, -0.1) is 0 Å². The third-order valence-electron chi connectivity index (χ3n) is 5.26. The van der Waals surface area contributed by atoms with Crippen molar-refractivity contribution in [3.05, 3.63) is 96.8 Å². The first-order valence-electron chi connectivity index (χ1n) is 11.4. The molecule has 0 bridgehead atoms. The molecule has 8 heteroatoms. The fourth-order valence-corrected chi connectivity index (χ4v) is 3.60. The fourth-order valence-electron chi connectivity index (χ4n) is 3.60. The lowest BCUT2D eigenvalue weighted by Crippen LogP contribution is -2.41. The van der Waals surface area contributed by atoms with E-state index in [0.717, 1.165) is 5.56 Å². The zero-order valence-corrected chi connectivity index (χ0v) is 19.3. The van der Waals surface area contributed by atoms with Crippen LogP contribution in [0.3, 0.4) is 0 Å². The Labute approximate surface area is 203 Å². The van der Waals surface area contributed by atoms with E-state index in [4.69, 9.17) is 0 Å². The number of rotatable bonds is 8. The topological polar surface area (TPSA) is 79.3 Å². The van der Waals surface area contributed by atoms with E-state index in [1.165, 1.54) is 17.0 Å². The third kappa shape index (κ3) is 6.11. The van der Waals surface area contributed by atoms with E-state index < -0.39 is 0 Å². The second kappa shape index (κ2) is 11.1. The number of amides is 3. The highest BCUT2D eigenvalue weighted by Crippen LogP contribution is 2.25. The van der Waals surface area contributed by atoms with Crippen molar-refractivity contribution in [3.8, 4) is 16.9 Å². The summed E-state index contributed by atoms with van der Waals surface area (Å²) in [6.45, 7) is 2.22. The molecule has 2 N–H and O–H groups in total. The molecule has 0 aliphatic carbocycles. The molecule has 0 aliphatic heterocycles. The summed E-state index contributed by atoms with van der Waals surface area (Å²) in [5.74, 6) is -0.320. The van der Waals surface area contributed by atoms with Crippen molar-refractivity contribution in [2.75, 3.05) is 23.7 Å². The highest BCUT2D eigenvalue weighted by molar-refractivity contribution is 5.97. The Balaban J connectivity index is 1.55. The number of urea groups is 1. The molecule has 4 rings (SSSR count). The molecular weight excluding hydrogens is 445 g/mol. The minimum Gasteiger partial charge on any atom is -0.315 e. The Morgan fingerprint density at radius 3 is 2.23 bits per heavy atom. The number of halogens is 1. The van der Waals surface area contributed by atoms with Gasteiger partial charge in [-0.2, -0.15) is 5.10 Å². The molecule has 0 atom stereocenters. The Hall–Kier alpha value is -4.46. The van der Waals surface area contributed by atoms with E-state index in [1.54, 1.807) is 35.0 Å². The summed E-state index contributed by atoms with van der Waals surface area (Å²) in [5, 5.41) is 10.3. The van der Waals surface area contributed by atoms with Crippen LogP contribution < -0.4 is 10.6 Å². The predicted octanol–water partition coefficient (Wildman–Crippen LogP) is 5.56. The molecule has 3 amide bonds. The summed E-state index contributed by atoms with van der Waals surface area (Å²) < 4.78 is 15.0. The summed E-state index contributed by atoms with van der Waals surface area (Å²) in [6.07, 6.45) is 0.696. The summed E-state index contributed by atoms with van der Waals surface area (Å²) in [6, 6.07) is 25.9. The van der Waals surface area contributed by atoms with E-state index >= 15 is 0 Å². The van der Waals surface area contributed by atoms with Crippen LogP contribution in [0.1, 0.15) is 13.3 Å². The molecule has 0 saturated heterocycles. The number of nitrogens with zero attached hydrogens (tertiary/aromatic N) is 3. The second-order valence-electron chi connectivity index (χ2n) is 7.93. The van der Waals surface area contributed by atoms with E-state index in [1.807, 2.05) is 55.5 Å². The molecule has 178 valence electrons. The van der Waals surface area contributed by atoms with Gasteiger partial charge in [-0.25, -0.2) is 13.9 Å². The average Bonchev–Trinajstić information content (AvgIpc) is 3.29. The molecule has 3 aromatic carbocycles. The van der Waals surface area contributed by atoms with Gasteiger partial charge in [0.15, 0.2) is 0 Å². The molecule has 1 heterocycles. The van der Waals surface area contributed by atoms with Gasteiger partial charge in [-0.1, -0.05) is 55.5 Å². The van der Waals surface area contributed by atoms with Gasteiger partial charge in [0.05, 0.1) is 11.4 Å². The number of aromatic nitrogens is 2. The summed E-state index contributed by atoms with van der Waals surface area (Å²) in [4.78, 5) is 27.2. The first-order chi connectivity index (χ1) is 17.0. The highest BCUT2D eigenvalue weighted by atomic mass is 19.1. The van der Waals surface area contributed by atoms with Crippen molar-refractivity contribution in [2.24, 2.45) is 0 Å². The maximum atomic E-state index is 13.5. The van der Waals surface area contributed by atoms with Gasteiger partial charge in [0, 0.05) is 23.9 Å². The fraction of sp³-hybridized carbons (Fsp3) is 0.148. The minimum absolute atomic E-state index is 0.137. The number of hydrogen-bond donors (Lipinski definition) is 2. The molecule has 0 aliphatic rings. The molecule has 1 aromatic heterocycles. The first kappa shape index (κ1) is 23.7. The van der Waals surface area contributed by atoms with Crippen molar-refractivity contribution in [1.82, 2.24) is 14.7 Å². The number of hydrogen-bond acceptors (Lipinski definition) is 3. The SMILES string of the molecule is CCCN(CC(=O)Nc1cc(-c2ccccc2)nn1-c1ccc(F)cc1)C(=O)Nc1ccccc1. The van der Waals surface area contributed by atoms with Crippen molar-refractivity contribution < 1.29 is 14.0 Å². The van der Waals surface area contributed by atoms with Gasteiger partial charge in [-0.3, -0.25) is 4.79 Å². The largest absolute Gasteiger partial charge is 0.322 e. The van der Waals surface area contributed by atoms with Gasteiger partial charge in [0.25, 0.3) is 0 Å². The van der Waals surface area contributed by atoms with Crippen LogP contribution in [0.4, 0.5) is 20.7 Å². The van der Waals surface area contributed by atoms with Crippen LogP contribution in [0, 0.1) is 5.82 Å². The smallest absolute Gasteiger partial charge is 0.315 e. The van der Waals surface area contributed by atoms with E-state index in [2.05, 4.69) is 15.7 Å². The molecule has 0 radical (unpaired) electrons. The van der Waals surface area contributed by atoms with Crippen LogP contribution in [0.15, 0.2) is 91.0 Å². The molecular formula is C27H26FN5O2. The minimum atomic E-state index is -0.371. The Morgan fingerprint density at radius 2 is 1.57 bits per heavy atom. The first-order valence-corrected chi connectivity index (χ1v) is 11.4. The number of benzene rings is 3. The zero-order chi connectivity index (χ0) is 24.6. The van der Waals surface area contributed by atoms with Crippen molar-refractivity contribution in [3.63, 3.8) is 0 Å². The lowest BCUT2D eigenvalue weighted by molar-refractivity contribution is -0.116. The van der Waals surface area contributed by atoms with Crippen molar-refractivity contribution in [2.45, 2.75) is 13.3 Å².